The van der Waals surface area contributed by atoms with E-state index in [0.717, 1.165) is 22.6 Å². The first-order valence-electron chi connectivity index (χ1n) is 9.78. The number of aromatic nitrogens is 2. The summed E-state index contributed by atoms with van der Waals surface area (Å²) in [4.78, 5) is 2.36. The van der Waals surface area contributed by atoms with Crippen molar-refractivity contribution in [3.05, 3.63) is 66.2 Å². The van der Waals surface area contributed by atoms with Gasteiger partial charge in [-0.15, -0.1) is 10.2 Å². The lowest BCUT2D eigenvalue weighted by atomic mass is 10.1. The smallest absolute Gasteiger partial charge is 0.243 e. The summed E-state index contributed by atoms with van der Waals surface area (Å²) in [7, 11) is -1.97. The Morgan fingerprint density at radius 1 is 0.900 bits per heavy atom. The Balaban J connectivity index is 1.44. The van der Waals surface area contributed by atoms with Crippen LogP contribution < -0.4 is 9.64 Å². The number of piperazine rings is 1. The first-order chi connectivity index (χ1) is 14.5. The number of benzene rings is 2. The van der Waals surface area contributed by atoms with Crippen LogP contribution in [0.2, 0.25) is 0 Å². The van der Waals surface area contributed by atoms with Crippen LogP contribution in [-0.2, 0) is 10.0 Å². The summed E-state index contributed by atoms with van der Waals surface area (Å²) in [6.45, 7) is 3.76. The lowest BCUT2D eigenvalue weighted by Gasteiger charge is -2.34. The molecule has 156 valence electrons. The Labute approximate surface area is 177 Å². The highest BCUT2D eigenvalue weighted by molar-refractivity contribution is 7.89. The molecule has 1 aliphatic rings. The largest absolute Gasteiger partial charge is 0.496 e. The Bertz CT molecular complexity index is 1110. The van der Waals surface area contributed by atoms with Crippen LogP contribution in [0.15, 0.2) is 65.6 Å². The molecule has 30 heavy (non-hydrogen) atoms. The molecule has 2 heterocycles. The second-order valence-corrected chi connectivity index (χ2v) is 9.10. The standard InChI is InChI=1S/C22H24N4O3S/c1-17-16-19(8-10-21(17)29-2)30(27,28)26-14-12-25(13-15-26)22-11-9-20(23-24-22)18-6-4-3-5-7-18/h3-11,16H,12-15H2,1-2H3. The third-order valence-electron chi connectivity index (χ3n) is 5.29. The third-order valence-corrected chi connectivity index (χ3v) is 7.18. The second kappa shape index (κ2) is 8.41. The van der Waals surface area contributed by atoms with E-state index in [1.165, 1.54) is 4.31 Å². The third kappa shape index (κ3) is 4.01. The number of methoxy groups -OCH3 is 1. The summed E-state index contributed by atoms with van der Waals surface area (Å²) >= 11 is 0. The van der Waals surface area contributed by atoms with Crippen molar-refractivity contribution in [3.8, 4) is 17.0 Å². The van der Waals surface area contributed by atoms with Gasteiger partial charge in [0.1, 0.15) is 5.75 Å². The molecule has 0 bridgehead atoms. The van der Waals surface area contributed by atoms with E-state index in [-0.39, 0.29) is 0 Å². The van der Waals surface area contributed by atoms with E-state index in [1.54, 1.807) is 25.3 Å². The maximum absolute atomic E-state index is 13.0. The van der Waals surface area contributed by atoms with Crippen LogP contribution in [0.25, 0.3) is 11.3 Å². The van der Waals surface area contributed by atoms with Gasteiger partial charge in [0.25, 0.3) is 0 Å². The first-order valence-corrected chi connectivity index (χ1v) is 11.2. The zero-order valence-electron chi connectivity index (χ0n) is 17.0. The molecular formula is C22H24N4O3S. The molecule has 0 atom stereocenters. The molecule has 0 unspecified atom stereocenters. The van der Waals surface area contributed by atoms with Crippen molar-refractivity contribution in [2.24, 2.45) is 0 Å². The Morgan fingerprint density at radius 2 is 1.63 bits per heavy atom. The van der Waals surface area contributed by atoms with Crippen molar-refractivity contribution >= 4 is 15.8 Å². The van der Waals surface area contributed by atoms with Crippen LogP contribution in [0.5, 0.6) is 5.75 Å². The summed E-state index contributed by atoms with van der Waals surface area (Å²) in [6.07, 6.45) is 0. The van der Waals surface area contributed by atoms with E-state index in [1.807, 2.05) is 49.4 Å². The van der Waals surface area contributed by atoms with Gasteiger partial charge in [0.05, 0.1) is 17.7 Å². The molecule has 1 fully saturated rings. The van der Waals surface area contributed by atoms with Gasteiger partial charge in [-0.1, -0.05) is 30.3 Å². The van der Waals surface area contributed by atoms with E-state index < -0.39 is 10.0 Å². The van der Waals surface area contributed by atoms with Crippen molar-refractivity contribution in [1.29, 1.82) is 0 Å². The van der Waals surface area contributed by atoms with Gasteiger partial charge in [0, 0.05) is 31.7 Å². The van der Waals surface area contributed by atoms with Gasteiger partial charge < -0.3 is 9.64 Å². The number of anilines is 1. The highest BCUT2D eigenvalue weighted by Crippen LogP contribution is 2.25. The molecule has 0 amide bonds. The van der Waals surface area contributed by atoms with Gasteiger partial charge in [0.15, 0.2) is 5.82 Å². The maximum Gasteiger partial charge on any atom is 0.243 e. The molecule has 2 aromatic carbocycles. The number of sulfonamides is 1. The number of ether oxygens (including phenoxy) is 1. The van der Waals surface area contributed by atoms with E-state index >= 15 is 0 Å². The normalized spacial score (nSPS) is 15.2. The SMILES string of the molecule is COc1ccc(S(=O)(=O)N2CCN(c3ccc(-c4ccccc4)nn3)CC2)cc1C. The zero-order valence-corrected chi connectivity index (χ0v) is 17.8. The second-order valence-electron chi connectivity index (χ2n) is 7.17. The quantitative estimate of drug-likeness (QED) is 0.627. The van der Waals surface area contributed by atoms with Crippen molar-refractivity contribution < 1.29 is 13.2 Å². The maximum atomic E-state index is 13.0. The van der Waals surface area contributed by atoms with E-state index in [4.69, 9.17) is 4.74 Å². The summed E-state index contributed by atoms with van der Waals surface area (Å²) in [5.41, 5.74) is 2.63. The number of hydrogen-bond acceptors (Lipinski definition) is 6. The molecule has 0 aliphatic carbocycles. The van der Waals surface area contributed by atoms with Crippen LogP contribution in [0, 0.1) is 6.92 Å². The van der Waals surface area contributed by atoms with Gasteiger partial charge in [0.2, 0.25) is 10.0 Å². The molecule has 1 saturated heterocycles. The zero-order chi connectivity index (χ0) is 21.1. The average molecular weight is 425 g/mol. The molecule has 3 aromatic rings. The molecule has 0 spiro atoms. The van der Waals surface area contributed by atoms with Crippen LogP contribution in [0.1, 0.15) is 5.56 Å². The predicted octanol–water partition coefficient (Wildman–Crippen LogP) is 2.97. The summed E-state index contributed by atoms with van der Waals surface area (Å²) in [6, 6.07) is 18.7. The molecule has 1 aliphatic heterocycles. The van der Waals surface area contributed by atoms with E-state index in [0.29, 0.717) is 36.8 Å². The van der Waals surface area contributed by atoms with Gasteiger partial charge >= 0.3 is 0 Å². The Hall–Kier alpha value is -2.97. The topological polar surface area (TPSA) is 75.6 Å². The molecule has 0 saturated carbocycles. The minimum atomic E-state index is -3.54. The van der Waals surface area contributed by atoms with Gasteiger partial charge in [-0.2, -0.15) is 4.31 Å². The highest BCUT2D eigenvalue weighted by Gasteiger charge is 2.29. The van der Waals surface area contributed by atoms with Crippen LogP contribution >= 0.6 is 0 Å². The van der Waals surface area contributed by atoms with Gasteiger partial charge in [-0.05, 0) is 42.8 Å². The minimum Gasteiger partial charge on any atom is -0.496 e. The van der Waals surface area contributed by atoms with Crippen LogP contribution in [0.3, 0.4) is 0 Å². The molecule has 0 radical (unpaired) electrons. The van der Waals surface area contributed by atoms with E-state index in [2.05, 4.69) is 15.1 Å². The van der Waals surface area contributed by atoms with Crippen molar-refractivity contribution in [2.45, 2.75) is 11.8 Å². The summed E-state index contributed by atoms with van der Waals surface area (Å²) in [5, 5.41) is 8.68. The van der Waals surface area contributed by atoms with Crippen LogP contribution in [0.4, 0.5) is 5.82 Å². The Kier molecular flexibility index (Phi) is 5.69. The fourth-order valence-electron chi connectivity index (χ4n) is 3.57. The number of nitrogens with zero attached hydrogens (tertiary/aromatic N) is 4. The average Bonchev–Trinajstić information content (AvgIpc) is 2.80. The monoisotopic (exact) mass is 424 g/mol. The van der Waals surface area contributed by atoms with E-state index in [9.17, 15) is 8.42 Å². The van der Waals surface area contributed by atoms with Crippen molar-refractivity contribution in [1.82, 2.24) is 14.5 Å². The van der Waals surface area contributed by atoms with Gasteiger partial charge in [-0.25, -0.2) is 8.42 Å². The van der Waals surface area contributed by atoms with Crippen molar-refractivity contribution in [3.63, 3.8) is 0 Å². The molecule has 7 nitrogen and oxygen atoms in total. The molecule has 1 aromatic heterocycles. The minimum absolute atomic E-state index is 0.293. The summed E-state index contributed by atoms with van der Waals surface area (Å²) < 4.78 is 32.8. The molecule has 8 heteroatoms. The molecule has 0 N–H and O–H groups in total. The lowest BCUT2D eigenvalue weighted by Crippen LogP contribution is -2.49. The molecular weight excluding hydrogens is 400 g/mol. The first kappa shape index (κ1) is 20.3. The van der Waals surface area contributed by atoms with Crippen LogP contribution in [-0.4, -0.2) is 56.2 Å². The predicted molar refractivity (Wildman–Crippen MR) is 116 cm³/mol. The van der Waals surface area contributed by atoms with Crippen molar-refractivity contribution in [2.75, 3.05) is 38.2 Å². The fraction of sp³-hybridized carbons (Fsp3) is 0.273. The number of rotatable bonds is 5. The summed E-state index contributed by atoms with van der Waals surface area (Å²) in [5.74, 6) is 1.43. The Morgan fingerprint density at radius 3 is 2.23 bits per heavy atom. The molecule has 4 rings (SSSR count). The highest BCUT2D eigenvalue weighted by atomic mass is 32.2. The number of aryl methyl sites for hydroxylation is 1. The number of hydrogen-bond donors (Lipinski definition) is 0. The van der Waals surface area contributed by atoms with Gasteiger partial charge in [-0.3, -0.25) is 0 Å². The lowest BCUT2D eigenvalue weighted by molar-refractivity contribution is 0.383. The fourth-order valence-corrected chi connectivity index (χ4v) is 5.08.